The number of benzene rings is 2. The van der Waals surface area contributed by atoms with Gasteiger partial charge in [0.1, 0.15) is 18.1 Å². The molecular formula is C24H22N4O5. The minimum atomic E-state index is -0.442. The lowest BCUT2D eigenvalue weighted by Crippen LogP contribution is -2.12. The largest absolute Gasteiger partial charge is 0.486 e. The van der Waals surface area contributed by atoms with Crippen LogP contribution in [-0.4, -0.2) is 20.6 Å². The zero-order chi connectivity index (χ0) is 23.4. The summed E-state index contributed by atoms with van der Waals surface area (Å²) in [4.78, 5) is 23.0. The number of anilines is 1. The van der Waals surface area contributed by atoms with Gasteiger partial charge in [-0.1, -0.05) is 29.8 Å². The Bertz CT molecular complexity index is 1310. The molecule has 0 aliphatic rings. The molecular weight excluding hydrogens is 424 g/mol. The van der Waals surface area contributed by atoms with E-state index in [1.54, 1.807) is 42.1 Å². The number of nitro groups is 1. The normalized spacial score (nSPS) is 10.7. The average Bonchev–Trinajstić information content (AvgIpc) is 3.42. The zero-order valence-electron chi connectivity index (χ0n) is 18.1. The van der Waals surface area contributed by atoms with Crippen LogP contribution in [0.15, 0.2) is 71.3 Å². The highest BCUT2D eigenvalue weighted by atomic mass is 16.6. The second-order valence-corrected chi connectivity index (χ2v) is 7.60. The van der Waals surface area contributed by atoms with E-state index in [-0.39, 0.29) is 18.1 Å². The highest BCUT2D eigenvalue weighted by molar-refractivity contribution is 6.01. The van der Waals surface area contributed by atoms with Crippen molar-refractivity contribution in [2.45, 2.75) is 27.0 Å². The number of carbonyl (C=O) groups excluding carboxylic acids is 1. The van der Waals surface area contributed by atoms with Crippen molar-refractivity contribution < 1.29 is 18.9 Å². The van der Waals surface area contributed by atoms with Crippen LogP contribution in [0.2, 0.25) is 0 Å². The number of hydrogen-bond donors (Lipinski definition) is 1. The fraction of sp³-hybridized carbons (Fsp3) is 0.167. The van der Waals surface area contributed by atoms with E-state index >= 15 is 0 Å². The van der Waals surface area contributed by atoms with Crippen LogP contribution < -0.4 is 10.1 Å². The van der Waals surface area contributed by atoms with Gasteiger partial charge in [0.2, 0.25) is 0 Å². The number of rotatable bonds is 8. The van der Waals surface area contributed by atoms with Gasteiger partial charge in [-0.3, -0.25) is 19.6 Å². The van der Waals surface area contributed by atoms with Crippen LogP contribution >= 0.6 is 0 Å². The van der Waals surface area contributed by atoms with Crippen LogP contribution in [0.5, 0.6) is 5.75 Å². The predicted octanol–water partition coefficient (Wildman–Crippen LogP) is 4.88. The molecule has 2 aromatic carbocycles. The van der Waals surface area contributed by atoms with Crippen molar-refractivity contribution in [3.05, 3.63) is 105 Å². The molecule has 168 valence electrons. The molecule has 0 atom stereocenters. The summed E-state index contributed by atoms with van der Waals surface area (Å²) in [5.41, 5.74) is 2.82. The van der Waals surface area contributed by atoms with E-state index in [1.807, 2.05) is 25.1 Å². The first-order valence-electron chi connectivity index (χ1n) is 10.2. The van der Waals surface area contributed by atoms with E-state index in [4.69, 9.17) is 9.15 Å². The molecule has 0 aliphatic heterocycles. The fourth-order valence-electron chi connectivity index (χ4n) is 3.35. The van der Waals surface area contributed by atoms with Crippen molar-refractivity contribution in [3.63, 3.8) is 0 Å². The van der Waals surface area contributed by atoms with Crippen molar-refractivity contribution in [1.82, 2.24) is 9.78 Å². The summed E-state index contributed by atoms with van der Waals surface area (Å²) in [7, 11) is 0. The maximum absolute atomic E-state index is 12.5. The van der Waals surface area contributed by atoms with Crippen LogP contribution in [0, 0.1) is 24.0 Å². The molecule has 1 amide bonds. The SMILES string of the molecule is Cc1cccc(Cn2ccc(NC(=O)c3ccc(COc4ccc([N+](=O)[O-])c(C)c4)o3)n2)c1. The van der Waals surface area contributed by atoms with Gasteiger partial charge in [0.05, 0.1) is 11.5 Å². The van der Waals surface area contributed by atoms with E-state index in [9.17, 15) is 14.9 Å². The van der Waals surface area contributed by atoms with Crippen LogP contribution in [0.4, 0.5) is 11.5 Å². The summed E-state index contributed by atoms with van der Waals surface area (Å²) < 4.78 is 12.9. The van der Waals surface area contributed by atoms with Crippen molar-refractivity contribution in [3.8, 4) is 5.75 Å². The number of furan rings is 1. The van der Waals surface area contributed by atoms with Crippen molar-refractivity contribution in [2.75, 3.05) is 5.32 Å². The van der Waals surface area contributed by atoms with Gasteiger partial charge >= 0.3 is 0 Å². The number of aryl methyl sites for hydroxylation is 2. The van der Waals surface area contributed by atoms with Gasteiger partial charge in [0.25, 0.3) is 11.6 Å². The second-order valence-electron chi connectivity index (χ2n) is 7.60. The Balaban J connectivity index is 1.33. The van der Waals surface area contributed by atoms with E-state index in [0.29, 0.717) is 29.4 Å². The standard InChI is InChI=1S/C24H22N4O5/c1-16-4-3-5-18(12-16)14-27-11-10-23(26-27)25-24(29)22-9-7-20(33-22)15-32-19-6-8-21(28(30)31)17(2)13-19/h3-13H,14-15H2,1-2H3,(H,25,26,29). The molecule has 1 N–H and O–H groups in total. The van der Waals surface area contributed by atoms with E-state index in [1.165, 1.54) is 17.7 Å². The number of aromatic nitrogens is 2. The summed E-state index contributed by atoms with van der Waals surface area (Å²) in [6, 6.07) is 17.6. The maximum atomic E-state index is 12.5. The number of nitro benzene ring substituents is 1. The number of carbonyl (C=O) groups is 1. The second kappa shape index (κ2) is 9.39. The number of hydrogen-bond acceptors (Lipinski definition) is 6. The van der Waals surface area contributed by atoms with Gasteiger partial charge < -0.3 is 14.5 Å². The topological polar surface area (TPSA) is 112 Å². The monoisotopic (exact) mass is 446 g/mol. The third-order valence-corrected chi connectivity index (χ3v) is 4.94. The number of ether oxygens (including phenoxy) is 1. The average molecular weight is 446 g/mol. The Hall–Kier alpha value is -4.40. The maximum Gasteiger partial charge on any atom is 0.292 e. The Morgan fingerprint density at radius 1 is 1.15 bits per heavy atom. The lowest BCUT2D eigenvalue weighted by Gasteiger charge is -2.05. The van der Waals surface area contributed by atoms with Crippen molar-refractivity contribution in [1.29, 1.82) is 0 Å². The minimum absolute atomic E-state index is 0.0284. The van der Waals surface area contributed by atoms with Crippen molar-refractivity contribution >= 4 is 17.4 Å². The van der Waals surface area contributed by atoms with Crippen molar-refractivity contribution in [2.24, 2.45) is 0 Å². The predicted molar refractivity (Wildman–Crippen MR) is 121 cm³/mol. The van der Waals surface area contributed by atoms with Crippen LogP contribution in [-0.2, 0) is 13.2 Å². The Kier molecular flexibility index (Phi) is 6.21. The van der Waals surface area contributed by atoms with E-state index < -0.39 is 10.8 Å². The Labute approximate surface area is 189 Å². The molecule has 9 heteroatoms. The quantitative estimate of drug-likeness (QED) is 0.305. The number of nitrogens with zero attached hydrogens (tertiary/aromatic N) is 3. The number of nitrogens with one attached hydrogen (secondary N) is 1. The molecule has 4 aromatic rings. The first-order valence-corrected chi connectivity index (χ1v) is 10.2. The summed E-state index contributed by atoms with van der Waals surface area (Å²) in [5, 5.41) is 18.0. The minimum Gasteiger partial charge on any atom is -0.486 e. The third-order valence-electron chi connectivity index (χ3n) is 4.94. The molecule has 0 saturated carbocycles. The van der Waals surface area contributed by atoms with Gasteiger partial charge in [-0.05, 0) is 43.7 Å². The van der Waals surface area contributed by atoms with E-state index in [2.05, 4.69) is 16.5 Å². The number of amides is 1. The van der Waals surface area contributed by atoms with Gasteiger partial charge in [-0.25, -0.2) is 0 Å². The van der Waals surface area contributed by atoms with Crippen LogP contribution in [0.1, 0.15) is 33.0 Å². The van der Waals surface area contributed by atoms with Gasteiger partial charge in [0, 0.05) is 23.9 Å². The lowest BCUT2D eigenvalue weighted by atomic mass is 10.1. The molecule has 0 saturated heterocycles. The molecule has 33 heavy (non-hydrogen) atoms. The van der Waals surface area contributed by atoms with Gasteiger partial charge in [-0.2, -0.15) is 5.10 Å². The highest BCUT2D eigenvalue weighted by Gasteiger charge is 2.14. The molecule has 4 rings (SSSR count). The molecule has 0 fully saturated rings. The molecule has 9 nitrogen and oxygen atoms in total. The molecule has 0 radical (unpaired) electrons. The smallest absolute Gasteiger partial charge is 0.292 e. The van der Waals surface area contributed by atoms with E-state index in [0.717, 1.165) is 5.56 Å². The Morgan fingerprint density at radius 3 is 2.76 bits per heavy atom. The Morgan fingerprint density at radius 2 is 2.00 bits per heavy atom. The summed E-state index contributed by atoms with van der Waals surface area (Å²) in [5.74, 6) is 1.04. The molecule has 0 spiro atoms. The lowest BCUT2D eigenvalue weighted by molar-refractivity contribution is -0.385. The fourth-order valence-corrected chi connectivity index (χ4v) is 3.35. The summed E-state index contributed by atoms with van der Waals surface area (Å²) >= 11 is 0. The van der Waals surface area contributed by atoms with Crippen LogP contribution in [0.25, 0.3) is 0 Å². The highest BCUT2D eigenvalue weighted by Crippen LogP contribution is 2.24. The summed E-state index contributed by atoms with van der Waals surface area (Å²) in [6.07, 6.45) is 1.80. The van der Waals surface area contributed by atoms with Gasteiger partial charge in [-0.15, -0.1) is 0 Å². The first-order chi connectivity index (χ1) is 15.9. The molecule has 2 heterocycles. The third kappa shape index (κ3) is 5.45. The van der Waals surface area contributed by atoms with Crippen LogP contribution in [0.3, 0.4) is 0 Å². The molecule has 0 aliphatic carbocycles. The molecule has 0 unspecified atom stereocenters. The summed E-state index contributed by atoms with van der Waals surface area (Å²) in [6.45, 7) is 4.36. The first kappa shape index (κ1) is 21.8. The zero-order valence-corrected chi connectivity index (χ0v) is 18.1. The molecule has 2 aromatic heterocycles. The molecule has 0 bridgehead atoms. The van der Waals surface area contributed by atoms with Gasteiger partial charge in [0.15, 0.2) is 11.6 Å².